The zero-order valence-corrected chi connectivity index (χ0v) is 11.7. The first-order valence-corrected chi connectivity index (χ1v) is 6.78. The highest BCUT2D eigenvalue weighted by atomic mass is 16.5. The third-order valence-electron chi connectivity index (χ3n) is 3.33. The predicted molar refractivity (Wildman–Crippen MR) is 70.5 cm³/mol. The first kappa shape index (κ1) is 15.4. The Morgan fingerprint density at radius 2 is 2.33 bits per heavy atom. The molecular formula is C13H26N2O3. The Morgan fingerprint density at radius 3 is 3.00 bits per heavy atom. The van der Waals surface area contributed by atoms with Gasteiger partial charge in [0.1, 0.15) is 6.10 Å². The highest BCUT2D eigenvalue weighted by molar-refractivity contribution is 5.80. The number of carbonyl (C=O) groups excluding carboxylic acids is 1. The van der Waals surface area contributed by atoms with Crippen molar-refractivity contribution in [3.63, 3.8) is 0 Å². The number of hydrogen-bond acceptors (Lipinski definition) is 4. The van der Waals surface area contributed by atoms with Crippen LogP contribution in [0.2, 0.25) is 0 Å². The normalized spacial score (nSPS) is 25.7. The molecule has 1 heterocycles. The Labute approximate surface area is 110 Å². The van der Waals surface area contributed by atoms with Crippen LogP contribution in [0.1, 0.15) is 26.7 Å². The van der Waals surface area contributed by atoms with E-state index in [0.29, 0.717) is 19.1 Å². The van der Waals surface area contributed by atoms with Crippen LogP contribution in [0.3, 0.4) is 0 Å². The number of hydrogen-bond donors (Lipinski definition) is 2. The Hall–Kier alpha value is -0.650. The Bertz CT molecular complexity index is 248. The van der Waals surface area contributed by atoms with Gasteiger partial charge in [0.15, 0.2) is 0 Å². The van der Waals surface area contributed by atoms with Gasteiger partial charge in [-0.25, -0.2) is 0 Å². The smallest absolute Gasteiger partial charge is 0.248 e. The van der Waals surface area contributed by atoms with Crippen LogP contribution in [-0.2, 0) is 14.3 Å². The molecule has 1 saturated heterocycles. The number of rotatable bonds is 7. The summed E-state index contributed by atoms with van der Waals surface area (Å²) < 4.78 is 10.7. The van der Waals surface area contributed by atoms with E-state index in [4.69, 9.17) is 9.47 Å². The van der Waals surface area contributed by atoms with E-state index in [9.17, 15) is 4.79 Å². The zero-order valence-electron chi connectivity index (χ0n) is 11.7. The standard InChI is InChI=1S/C13H26N2O3/c1-10-5-7-14-9-12(10)18-11(2)13(16)15-6-4-8-17-3/h10-12,14H,4-9H2,1-3H3,(H,15,16). The largest absolute Gasteiger partial charge is 0.385 e. The van der Waals surface area contributed by atoms with Gasteiger partial charge >= 0.3 is 0 Å². The summed E-state index contributed by atoms with van der Waals surface area (Å²) in [5, 5.41) is 6.15. The lowest BCUT2D eigenvalue weighted by molar-refractivity contribution is -0.138. The minimum Gasteiger partial charge on any atom is -0.385 e. The monoisotopic (exact) mass is 258 g/mol. The molecule has 0 bridgehead atoms. The fourth-order valence-electron chi connectivity index (χ4n) is 2.04. The number of amides is 1. The molecule has 3 unspecified atom stereocenters. The van der Waals surface area contributed by atoms with Gasteiger partial charge in [0.2, 0.25) is 5.91 Å². The second-order valence-electron chi connectivity index (χ2n) is 4.92. The van der Waals surface area contributed by atoms with Crippen LogP contribution in [0.5, 0.6) is 0 Å². The molecule has 3 atom stereocenters. The number of nitrogens with one attached hydrogen (secondary N) is 2. The molecule has 0 aromatic heterocycles. The van der Waals surface area contributed by atoms with Crippen molar-refractivity contribution in [2.75, 3.05) is 33.4 Å². The average molecular weight is 258 g/mol. The average Bonchev–Trinajstić information content (AvgIpc) is 2.37. The van der Waals surface area contributed by atoms with Crippen LogP contribution in [0.4, 0.5) is 0 Å². The van der Waals surface area contributed by atoms with E-state index in [2.05, 4.69) is 17.6 Å². The minimum atomic E-state index is -0.389. The summed E-state index contributed by atoms with van der Waals surface area (Å²) in [6, 6.07) is 0. The lowest BCUT2D eigenvalue weighted by Gasteiger charge is -2.31. The second kappa shape index (κ2) is 8.45. The molecule has 1 fully saturated rings. The molecule has 5 heteroatoms. The molecule has 0 radical (unpaired) electrons. The van der Waals surface area contributed by atoms with Gasteiger partial charge in [0, 0.05) is 26.8 Å². The van der Waals surface area contributed by atoms with Crippen molar-refractivity contribution < 1.29 is 14.3 Å². The third-order valence-corrected chi connectivity index (χ3v) is 3.33. The zero-order chi connectivity index (χ0) is 13.4. The molecule has 18 heavy (non-hydrogen) atoms. The molecule has 2 N–H and O–H groups in total. The maximum atomic E-state index is 11.8. The first-order valence-electron chi connectivity index (χ1n) is 6.78. The summed E-state index contributed by atoms with van der Waals surface area (Å²) in [7, 11) is 1.66. The number of ether oxygens (including phenoxy) is 2. The van der Waals surface area contributed by atoms with E-state index in [1.807, 2.05) is 6.92 Å². The van der Waals surface area contributed by atoms with E-state index in [1.165, 1.54) is 0 Å². The highest BCUT2D eigenvalue weighted by Crippen LogP contribution is 2.16. The van der Waals surface area contributed by atoms with Crippen LogP contribution in [-0.4, -0.2) is 51.5 Å². The van der Waals surface area contributed by atoms with Crippen molar-refractivity contribution in [2.24, 2.45) is 5.92 Å². The molecule has 0 aliphatic carbocycles. The molecule has 1 rings (SSSR count). The molecule has 5 nitrogen and oxygen atoms in total. The van der Waals surface area contributed by atoms with Crippen molar-refractivity contribution in [2.45, 2.75) is 38.9 Å². The van der Waals surface area contributed by atoms with Crippen LogP contribution < -0.4 is 10.6 Å². The maximum Gasteiger partial charge on any atom is 0.248 e. The SMILES string of the molecule is COCCCNC(=O)C(C)OC1CNCCC1C. The summed E-state index contributed by atoms with van der Waals surface area (Å²) in [6.07, 6.45) is 1.68. The van der Waals surface area contributed by atoms with Crippen molar-refractivity contribution in [3.8, 4) is 0 Å². The van der Waals surface area contributed by atoms with Crippen molar-refractivity contribution in [1.82, 2.24) is 10.6 Å². The first-order chi connectivity index (χ1) is 8.65. The van der Waals surface area contributed by atoms with Gasteiger partial charge in [-0.05, 0) is 32.2 Å². The van der Waals surface area contributed by atoms with E-state index in [0.717, 1.165) is 25.9 Å². The molecule has 0 aromatic rings. The Kier molecular flexibility index (Phi) is 7.23. The molecule has 1 aliphatic heterocycles. The Balaban J connectivity index is 2.21. The van der Waals surface area contributed by atoms with E-state index in [-0.39, 0.29) is 18.1 Å². The lowest BCUT2D eigenvalue weighted by Crippen LogP contribution is -2.45. The number of carbonyl (C=O) groups is 1. The van der Waals surface area contributed by atoms with E-state index >= 15 is 0 Å². The fraction of sp³-hybridized carbons (Fsp3) is 0.923. The summed E-state index contributed by atoms with van der Waals surface area (Å²) in [4.78, 5) is 11.8. The molecule has 1 aliphatic rings. The van der Waals surface area contributed by atoms with E-state index < -0.39 is 0 Å². The lowest BCUT2D eigenvalue weighted by atomic mass is 9.97. The van der Waals surface area contributed by atoms with Crippen LogP contribution >= 0.6 is 0 Å². The van der Waals surface area contributed by atoms with Gasteiger partial charge in [0.25, 0.3) is 0 Å². The topological polar surface area (TPSA) is 59.6 Å². The quantitative estimate of drug-likeness (QED) is 0.655. The second-order valence-corrected chi connectivity index (χ2v) is 4.92. The summed E-state index contributed by atoms with van der Waals surface area (Å²) in [5.41, 5.74) is 0. The van der Waals surface area contributed by atoms with E-state index in [1.54, 1.807) is 7.11 Å². The van der Waals surface area contributed by atoms with Crippen LogP contribution in [0, 0.1) is 5.92 Å². The van der Waals surface area contributed by atoms with Gasteiger partial charge < -0.3 is 20.1 Å². The van der Waals surface area contributed by atoms with Crippen LogP contribution in [0.15, 0.2) is 0 Å². The number of methoxy groups -OCH3 is 1. The van der Waals surface area contributed by atoms with Gasteiger partial charge in [-0.3, -0.25) is 4.79 Å². The van der Waals surface area contributed by atoms with Crippen molar-refractivity contribution in [3.05, 3.63) is 0 Å². The summed E-state index contributed by atoms with van der Waals surface area (Å²) in [6.45, 7) is 7.17. The molecular weight excluding hydrogens is 232 g/mol. The van der Waals surface area contributed by atoms with Gasteiger partial charge in [-0.15, -0.1) is 0 Å². The van der Waals surface area contributed by atoms with Gasteiger partial charge in [0.05, 0.1) is 6.10 Å². The molecule has 0 aromatic carbocycles. The third kappa shape index (κ3) is 5.33. The highest BCUT2D eigenvalue weighted by Gasteiger charge is 2.25. The van der Waals surface area contributed by atoms with Crippen molar-refractivity contribution >= 4 is 5.91 Å². The summed E-state index contributed by atoms with van der Waals surface area (Å²) in [5.74, 6) is 0.471. The summed E-state index contributed by atoms with van der Waals surface area (Å²) >= 11 is 0. The van der Waals surface area contributed by atoms with Gasteiger partial charge in [-0.1, -0.05) is 6.92 Å². The molecule has 0 spiro atoms. The minimum absolute atomic E-state index is 0.0381. The molecule has 0 saturated carbocycles. The number of piperidine rings is 1. The van der Waals surface area contributed by atoms with Crippen LogP contribution in [0.25, 0.3) is 0 Å². The molecule has 106 valence electrons. The Morgan fingerprint density at radius 1 is 1.56 bits per heavy atom. The van der Waals surface area contributed by atoms with Crippen molar-refractivity contribution in [1.29, 1.82) is 0 Å². The maximum absolute atomic E-state index is 11.8. The predicted octanol–water partition coefficient (Wildman–Crippen LogP) is 0.542. The van der Waals surface area contributed by atoms with Gasteiger partial charge in [-0.2, -0.15) is 0 Å². The fourth-order valence-corrected chi connectivity index (χ4v) is 2.04. The molecule has 1 amide bonds.